The monoisotopic (exact) mass is 355 g/mol. The zero-order valence-electron chi connectivity index (χ0n) is 13.3. The number of hydrogen-bond donors (Lipinski definition) is 0. The lowest BCUT2D eigenvalue weighted by molar-refractivity contribution is -0.112. The third-order valence-corrected chi connectivity index (χ3v) is 6.70. The number of ether oxygens (including phenoxy) is 1. The number of carbonyl (C=O) groups is 1. The zero-order chi connectivity index (χ0) is 16.6. The van der Waals surface area contributed by atoms with E-state index in [4.69, 9.17) is 9.73 Å². The summed E-state index contributed by atoms with van der Waals surface area (Å²) in [6.07, 6.45) is 0.820. The third-order valence-electron chi connectivity index (χ3n) is 4.48. The quantitative estimate of drug-likeness (QED) is 0.810. The molecule has 1 heterocycles. The summed E-state index contributed by atoms with van der Waals surface area (Å²) < 4.78 is 6.10. The second kappa shape index (κ2) is 6.30. The molecule has 1 fully saturated rings. The lowest BCUT2D eigenvalue weighted by Gasteiger charge is -2.05. The summed E-state index contributed by atoms with van der Waals surface area (Å²) in [4.78, 5) is 17.3. The molecule has 0 amide bonds. The van der Waals surface area contributed by atoms with Crippen molar-refractivity contribution in [2.45, 2.75) is 23.6 Å². The molecule has 0 aromatic heterocycles. The summed E-state index contributed by atoms with van der Waals surface area (Å²) in [5, 5.41) is 0.193. The van der Waals surface area contributed by atoms with Crippen LogP contribution in [-0.4, -0.2) is 22.1 Å². The number of hydrogen-bond acceptors (Lipinski definition) is 5. The van der Waals surface area contributed by atoms with Crippen LogP contribution in [0.25, 0.3) is 0 Å². The molecule has 1 spiro atoms. The second-order valence-corrected chi connectivity index (χ2v) is 8.18. The largest absolute Gasteiger partial charge is 0.497 e. The van der Waals surface area contributed by atoms with Gasteiger partial charge in [-0.05, 0) is 41.4 Å². The van der Waals surface area contributed by atoms with Crippen LogP contribution in [-0.2, 0) is 10.5 Å². The van der Waals surface area contributed by atoms with Crippen LogP contribution in [0.4, 0.5) is 0 Å². The zero-order valence-corrected chi connectivity index (χ0v) is 14.9. The Balaban J connectivity index is 1.46. The van der Waals surface area contributed by atoms with Gasteiger partial charge < -0.3 is 4.74 Å². The summed E-state index contributed by atoms with van der Waals surface area (Å²) in [6.45, 7) is 0. The molecule has 5 heteroatoms. The Morgan fingerprint density at radius 3 is 2.67 bits per heavy atom. The molecular weight excluding hydrogens is 338 g/mol. The first-order valence-electron chi connectivity index (χ1n) is 7.84. The van der Waals surface area contributed by atoms with Gasteiger partial charge in [0.05, 0.1) is 7.11 Å². The Bertz CT molecular complexity index is 789. The van der Waals surface area contributed by atoms with E-state index in [2.05, 4.69) is 12.1 Å². The molecule has 0 saturated heterocycles. The topological polar surface area (TPSA) is 38.7 Å². The maximum Gasteiger partial charge on any atom is 0.223 e. The minimum atomic E-state index is -0.516. The van der Waals surface area contributed by atoms with Crippen LogP contribution in [0.3, 0.4) is 0 Å². The Morgan fingerprint density at radius 2 is 1.96 bits per heavy atom. The van der Waals surface area contributed by atoms with E-state index in [0.29, 0.717) is 0 Å². The van der Waals surface area contributed by atoms with E-state index in [1.54, 1.807) is 18.9 Å². The average molecular weight is 355 g/mol. The summed E-state index contributed by atoms with van der Waals surface area (Å²) in [5.74, 6) is 1.89. The predicted octanol–water partition coefficient (Wildman–Crippen LogP) is 4.48. The molecule has 0 bridgehead atoms. The molecule has 1 saturated carbocycles. The molecule has 2 aliphatic rings. The number of aliphatic imine (C=N–C) groups is 1. The highest BCUT2D eigenvalue weighted by atomic mass is 32.2. The van der Waals surface area contributed by atoms with Gasteiger partial charge in [0.2, 0.25) is 5.12 Å². The van der Waals surface area contributed by atoms with Crippen molar-refractivity contribution in [3.8, 4) is 5.75 Å². The molecule has 24 heavy (non-hydrogen) atoms. The highest BCUT2D eigenvalue weighted by Crippen LogP contribution is 2.60. The van der Waals surface area contributed by atoms with Gasteiger partial charge in [0.15, 0.2) is 0 Å². The van der Waals surface area contributed by atoms with Gasteiger partial charge in [-0.25, -0.2) is 0 Å². The van der Waals surface area contributed by atoms with Gasteiger partial charge >= 0.3 is 0 Å². The van der Waals surface area contributed by atoms with Gasteiger partial charge in [0.1, 0.15) is 15.7 Å². The van der Waals surface area contributed by atoms with Crippen molar-refractivity contribution in [2.24, 2.45) is 4.99 Å². The van der Waals surface area contributed by atoms with E-state index in [1.165, 1.54) is 22.9 Å². The van der Waals surface area contributed by atoms with Crippen molar-refractivity contribution >= 4 is 33.0 Å². The first kappa shape index (κ1) is 15.8. The minimum Gasteiger partial charge on any atom is -0.497 e. The first-order valence-corrected chi connectivity index (χ1v) is 9.64. The average Bonchev–Trinajstić information content (AvgIpc) is 3.27. The van der Waals surface area contributed by atoms with E-state index in [9.17, 15) is 4.79 Å². The fraction of sp³-hybridized carbons (Fsp3) is 0.263. The van der Waals surface area contributed by atoms with Crippen molar-refractivity contribution in [3.63, 3.8) is 0 Å². The van der Waals surface area contributed by atoms with Crippen LogP contribution in [0.2, 0.25) is 0 Å². The SMILES string of the molecule is COc1ccc([C@H]2CC23N=C(SCc2ccccc2)SC3=O)cc1. The van der Waals surface area contributed by atoms with Gasteiger partial charge in [0, 0.05) is 11.7 Å². The number of rotatable bonds is 4. The van der Waals surface area contributed by atoms with Crippen molar-refractivity contribution in [1.82, 2.24) is 0 Å². The van der Waals surface area contributed by atoms with Crippen molar-refractivity contribution in [1.29, 1.82) is 0 Å². The summed E-state index contributed by atoms with van der Waals surface area (Å²) >= 11 is 2.97. The van der Waals surface area contributed by atoms with Crippen LogP contribution < -0.4 is 4.74 Å². The van der Waals surface area contributed by atoms with Crippen LogP contribution in [0.1, 0.15) is 23.5 Å². The maximum atomic E-state index is 12.5. The van der Waals surface area contributed by atoms with Crippen molar-refractivity contribution in [2.75, 3.05) is 7.11 Å². The van der Waals surface area contributed by atoms with Crippen LogP contribution in [0.5, 0.6) is 5.75 Å². The summed E-state index contributed by atoms with van der Waals surface area (Å²) in [6, 6.07) is 18.3. The second-order valence-electron chi connectivity index (χ2n) is 6.00. The molecule has 4 rings (SSSR count). The molecule has 1 aliphatic heterocycles. The maximum absolute atomic E-state index is 12.5. The molecule has 0 N–H and O–H groups in total. The molecule has 1 unspecified atom stereocenters. The summed E-state index contributed by atoms with van der Waals surface area (Å²) in [7, 11) is 1.66. The molecule has 2 atom stereocenters. The number of methoxy groups -OCH3 is 1. The third kappa shape index (κ3) is 2.87. The number of thioether (sulfide) groups is 2. The molecule has 2 aromatic rings. The fourth-order valence-electron chi connectivity index (χ4n) is 3.01. The summed E-state index contributed by atoms with van der Waals surface area (Å²) in [5.41, 5.74) is 1.91. The van der Waals surface area contributed by atoms with Crippen molar-refractivity contribution < 1.29 is 9.53 Å². The fourth-order valence-corrected chi connectivity index (χ4v) is 5.18. The standard InChI is InChI=1S/C19H17NO2S2/c1-22-15-9-7-14(8-10-15)16-11-19(16)17(21)24-18(20-19)23-12-13-5-3-2-4-6-13/h2-10,16H,11-12H2,1H3/t16-,19?/m1/s1. The van der Waals surface area contributed by atoms with Gasteiger partial charge in [-0.2, -0.15) is 0 Å². The number of carbonyl (C=O) groups excluding carboxylic acids is 1. The van der Waals surface area contributed by atoms with Gasteiger partial charge in [-0.15, -0.1) is 0 Å². The normalized spacial score (nSPS) is 25.0. The Morgan fingerprint density at radius 1 is 1.21 bits per heavy atom. The number of nitrogens with zero attached hydrogens (tertiary/aromatic N) is 1. The molecule has 3 nitrogen and oxygen atoms in total. The Hall–Kier alpha value is -1.72. The smallest absolute Gasteiger partial charge is 0.223 e. The highest BCUT2D eigenvalue weighted by Gasteiger charge is 2.63. The number of benzene rings is 2. The molecule has 122 valence electrons. The predicted molar refractivity (Wildman–Crippen MR) is 101 cm³/mol. The van der Waals surface area contributed by atoms with Gasteiger partial charge in [0.25, 0.3) is 0 Å². The Labute approximate surface area is 149 Å². The van der Waals surface area contributed by atoms with Crippen LogP contribution in [0, 0.1) is 0 Å². The van der Waals surface area contributed by atoms with E-state index in [-0.39, 0.29) is 11.0 Å². The van der Waals surface area contributed by atoms with Crippen LogP contribution in [0.15, 0.2) is 59.6 Å². The van der Waals surface area contributed by atoms with E-state index in [1.807, 2.05) is 42.5 Å². The molecular formula is C19H17NO2S2. The lowest BCUT2D eigenvalue weighted by atomic mass is 10.1. The Kier molecular flexibility index (Phi) is 4.14. The van der Waals surface area contributed by atoms with E-state index >= 15 is 0 Å². The van der Waals surface area contributed by atoms with Gasteiger partial charge in [-0.1, -0.05) is 54.2 Å². The van der Waals surface area contributed by atoms with E-state index in [0.717, 1.165) is 22.3 Å². The van der Waals surface area contributed by atoms with Crippen molar-refractivity contribution in [3.05, 3.63) is 65.7 Å². The lowest BCUT2D eigenvalue weighted by Crippen LogP contribution is -2.14. The molecule has 1 aliphatic carbocycles. The van der Waals surface area contributed by atoms with Gasteiger partial charge in [-0.3, -0.25) is 9.79 Å². The minimum absolute atomic E-state index is 0.193. The van der Waals surface area contributed by atoms with Crippen LogP contribution >= 0.6 is 23.5 Å². The first-order chi connectivity index (χ1) is 11.7. The molecule has 0 radical (unpaired) electrons. The molecule has 2 aromatic carbocycles. The van der Waals surface area contributed by atoms with E-state index < -0.39 is 5.54 Å². The highest BCUT2D eigenvalue weighted by molar-refractivity contribution is 8.45.